The third-order valence-electron chi connectivity index (χ3n) is 3.62. The van der Waals surface area contributed by atoms with E-state index in [1.54, 1.807) is 25.6 Å². The summed E-state index contributed by atoms with van der Waals surface area (Å²) in [7, 11) is 3.29. The molecule has 0 fully saturated rings. The van der Waals surface area contributed by atoms with E-state index in [-0.39, 0.29) is 6.04 Å². The van der Waals surface area contributed by atoms with Crippen LogP contribution < -0.4 is 15.2 Å². The SMILES string of the molecule is COc1ccc(C(N)c2csc3ccccc23)c(OC)c1. The second kappa shape index (κ2) is 5.76. The Hall–Kier alpha value is -2.04. The Kier molecular flexibility index (Phi) is 3.82. The second-order valence-electron chi connectivity index (χ2n) is 4.77. The molecule has 1 heterocycles. The number of rotatable bonds is 4. The van der Waals surface area contributed by atoms with E-state index in [0.717, 1.165) is 22.6 Å². The molecular weight excluding hydrogens is 282 g/mol. The predicted molar refractivity (Wildman–Crippen MR) is 87.4 cm³/mol. The lowest BCUT2D eigenvalue weighted by atomic mass is 9.98. The highest BCUT2D eigenvalue weighted by Gasteiger charge is 2.18. The molecule has 2 aromatic carbocycles. The van der Waals surface area contributed by atoms with E-state index in [2.05, 4.69) is 17.5 Å². The highest BCUT2D eigenvalue weighted by molar-refractivity contribution is 7.17. The van der Waals surface area contributed by atoms with Gasteiger partial charge in [0.2, 0.25) is 0 Å². The molecule has 0 bridgehead atoms. The molecule has 0 aliphatic heterocycles. The van der Waals surface area contributed by atoms with Gasteiger partial charge in [-0.3, -0.25) is 0 Å². The summed E-state index contributed by atoms with van der Waals surface area (Å²) in [6, 6.07) is 13.8. The van der Waals surface area contributed by atoms with Gasteiger partial charge in [-0.2, -0.15) is 0 Å². The zero-order valence-electron chi connectivity index (χ0n) is 12.0. The fraction of sp³-hybridized carbons (Fsp3) is 0.176. The topological polar surface area (TPSA) is 44.5 Å². The van der Waals surface area contributed by atoms with Crippen molar-refractivity contribution in [2.45, 2.75) is 6.04 Å². The highest BCUT2D eigenvalue weighted by Crippen LogP contribution is 2.36. The average molecular weight is 299 g/mol. The average Bonchev–Trinajstić information content (AvgIpc) is 2.97. The quantitative estimate of drug-likeness (QED) is 0.793. The first-order chi connectivity index (χ1) is 10.2. The van der Waals surface area contributed by atoms with Gasteiger partial charge in [0.25, 0.3) is 0 Å². The number of methoxy groups -OCH3 is 2. The van der Waals surface area contributed by atoms with Crippen LogP contribution in [0.15, 0.2) is 47.8 Å². The number of hydrogen-bond donors (Lipinski definition) is 1. The molecule has 0 spiro atoms. The van der Waals surface area contributed by atoms with Gasteiger partial charge in [-0.1, -0.05) is 18.2 Å². The molecule has 108 valence electrons. The predicted octanol–water partition coefficient (Wildman–Crippen LogP) is 3.97. The summed E-state index contributed by atoms with van der Waals surface area (Å²) in [5, 5.41) is 3.33. The number of hydrogen-bond acceptors (Lipinski definition) is 4. The van der Waals surface area contributed by atoms with Crippen LogP contribution in [0.4, 0.5) is 0 Å². The lowest BCUT2D eigenvalue weighted by molar-refractivity contribution is 0.390. The van der Waals surface area contributed by atoms with Gasteiger partial charge < -0.3 is 15.2 Å². The van der Waals surface area contributed by atoms with E-state index in [1.807, 2.05) is 30.3 Å². The molecule has 3 aromatic rings. The van der Waals surface area contributed by atoms with Gasteiger partial charge in [-0.05, 0) is 34.5 Å². The molecule has 0 radical (unpaired) electrons. The number of ether oxygens (including phenoxy) is 2. The maximum absolute atomic E-state index is 6.48. The fourth-order valence-corrected chi connectivity index (χ4v) is 3.48. The third-order valence-corrected chi connectivity index (χ3v) is 4.60. The van der Waals surface area contributed by atoms with Crippen molar-refractivity contribution in [3.63, 3.8) is 0 Å². The zero-order chi connectivity index (χ0) is 14.8. The van der Waals surface area contributed by atoms with Crippen molar-refractivity contribution in [3.05, 3.63) is 59.0 Å². The van der Waals surface area contributed by atoms with Crippen LogP contribution in [0.2, 0.25) is 0 Å². The van der Waals surface area contributed by atoms with Crippen LogP contribution in [-0.2, 0) is 0 Å². The summed E-state index contributed by atoms with van der Waals surface area (Å²) in [6.45, 7) is 0. The molecular formula is C17H17NO2S. The lowest BCUT2D eigenvalue weighted by Gasteiger charge is -2.16. The van der Waals surface area contributed by atoms with Gasteiger partial charge in [-0.25, -0.2) is 0 Å². The Balaban J connectivity index is 2.07. The van der Waals surface area contributed by atoms with Crippen LogP contribution in [0.25, 0.3) is 10.1 Å². The largest absolute Gasteiger partial charge is 0.497 e. The Morgan fingerprint density at radius 3 is 2.57 bits per heavy atom. The van der Waals surface area contributed by atoms with Gasteiger partial charge >= 0.3 is 0 Å². The normalized spacial score (nSPS) is 12.3. The molecule has 21 heavy (non-hydrogen) atoms. The number of benzene rings is 2. The van der Waals surface area contributed by atoms with Gasteiger partial charge in [0.1, 0.15) is 11.5 Å². The van der Waals surface area contributed by atoms with Gasteiger partial charge in [0, 0.05) is 16.3 Å². The van der Waals surface area contributed by atoms with E-state index >= 15 is 0 Å². The van der Waals surface area contributed by atoms with Crippen molar-refractivity contribution in [3.8, 4) is 11.5 Å². The third kappa shape index (κ3) is 2.48. The van der Waals surface area contributed by atoms with Crippen molar-refractivity contribution in [1.29, 1.82) is 0 Å². The summed E-state index contributed by atoms with van der Waals surface area (Å²) in [6.07, 6.45) is 0. The van der Waals surface area contributed by atoms with Gasteiger partial charge in [0.05, 0.1) is 20.3 Å². The van der Waals surface area contributed by atoms with E-state index < -0.39 is 0 Å². The highest BCUT2D eigenvalue weighted by atomic mass is 32.1. The molecule has 4 heteroatoms. The van der Waals surface area contributed by atoms with Crippen LogP contribution in [0.1, 0.15) is 17.2 Å². The van der Waals surface area contributed by atoms with Crippen molar-refractivity contribution < 1.29 is 9.47 Å². The number of thiophene rings is 1. The van der Waals surface area contributed by atoms with E-state index in [9.17, 15) is 0 Å². The monoisotopic (exact) mass is 299 g/mol. The van der Waals surface area contributed by atoms with Crippen molar-refractivity contribution in [1.82, 2.24) is 0 Å². The van der Waals surface area contributed by atoms with Crippen LogP contribution in [-0.4, -0.2) is 14.2 Å². The molecule has 0 aliphatic rings. The van der Waals surface area contributed by atoms with Crippen LogP contribution in [0, 0.1) is 0 Å². The van der Waals surface area contributed by atoms with Crippen LogP contribution >= 0.6 is 11.3 Å². The summed E-state index contributed by atoms with van der Waals surface area (Å²) in [4.78, 5) is 0. The first kappa shape index (κ1) is 13.9. The van der Waals surface area contributed by atoms with Crippen molar-refractivity contribution in [2.75, 3.05) is 14.2 Å². The molecule has 0 amide bonds. The molecule has 1 unspecified atom stereocenters. The van der Waals surface area contributed by atoms with Crippen LogP contribution in [0.3, 0.4) is 0 Å². The first-order valence-corrected chi connectivity index (χ1v) is 7.56. The summed E-state index contributed by atoms with van der Waals surface area (Å²) in [5.41, 5.74) is 8.56. The minimum Gasteiger partial charge on any atom is -0.497 e. The Morgan fingerprint density at radius 1 is 1.00 bits per heavy atom. The van der Waals surface area contributed by atoms with Gasteiger partial charge in [-0.15, -0.1) is 11.3 Å². The minimum absolute atomic E-state index is 0.220. The van der Waals surface area contributed by atoms with E-state index in [1.165, 1.54) is 10.1 Å². The standard InChI is InChI=1S/C17H17NO2S/c1-19-11-7-8-13(15(9-11)20-2)17(18)14-10-21-16-6-4-3-5-12(14)16/h3-10,17H,18H2,1-2H3. The van der Waals surface area contributed by atoms with E-state index in [4.69, 9.17) is 15.2 Å². The number of fused-ring (bicyclic) bond motifs is 1. The van der Waals surface area contributed by atoms with Crippen LogP contribution in [0.5, 0.6) is 11.5 Å². The lowest BCUT2D eigenvalue weighted by Crippen LogP contribution is -2.12. The molecule has 2 N–H and O–H groups in total. The maximum Gasteiger partial charge on any atom is 0.127 e. The Morgan fingerprint density at radius 2 is 1.81 bits per heavy atom. The first-order valence-electron chi connectivity index (χ1n) is 6.68. The van der Waals surface area contributed by atoms with Crippen molar-refractivity contribution in [2.24, 2.45) is 5.73 Å². The molecule has 3 nitrogen and oxygen atoms in total. The molecule has 3 rings (SSSR count). The second-order valence-corrected chi connectivity index (χ2v) is 5.68. The number of nitrogens with two attached hydrogens (primary N) is 1. The zero-order valence-corrected chi connectivity index (χ0v) is 12.8. The Labute approximate surface area is 127 Å². The minimum atomic E-state index is -0.220. The fourth-order valence-electron chi connectivity index (χ4n) is 2.48. The van der Waals surface area contributed by atoms with Crippen molar-refractivity contribution >= 4 is 21.4 Å². The maximum atomic E-state index is 6.48. The summed E-state index contributed by atoms with van der Waals surface area (Å²) >= 11 is 1.71. The molecule has 0 saturated carbocycles. The summed E-state index contributed by atoms with van der Waals surface area (Å²) in [5.74, 6) is 1.51. The molecule has 1 atom stereocenters. The van der Waals surface area contributed by atoms with E-state index in [0.29, 0.717) is 0 Å². The molecule has 0 aliphatic carbocycles. The smallest absolute Gasteiger partial charge is 0.127 e. The molecule has 1 aromatic heterocycles. The summed E-state index contributed by atoms with van der Waals surface area (Å²) < 4.78 is 11.9. The molecule has 0 saturated heterocycles. The Bertz CT molecular complexity index is 766. The van der Waals surface area contributed by atoms with Gasteiger partial charge in [0.15, 0.2) is 0 Å².